The van der Waals surface area contributed by atoms with Gasteiger partial charge in [-0.15, -0.1) is 0 Å². The normalized spacial score (nSPS) is 29.6. The molecule has 158 valence electrons. The highest BCUT2D eigenvalue weighted by Crippen LogP contribution is 2.40. The Morgan fingerprint density at radius 3 is 2.28 bits per heavy atom. The Morgan fingerprint density at radius 2 is 1.66 bits per heavy atom. The molecule has 0 aliphatic carbocycles. The van der Waals surface area contributed by atoms with E-state index in [1.165, 1.54) is 12.1 Å². The summed E-state index contributed by atoms with van der Waals surface area (Å²) >= 11 is 0. The average Bonchev–Trinajstić information content (AvgIpc) is 2.72. The quantitative estimate of drug-likeness (QED) is 0.394. The van der Waals surface area contributed by atoms with E-state index >= 15 is 0 Å². The summed E-state index contributed by atoms with van der Waals surface area (Å²) in [5.74, 6) is -2.12. The van der Waals surface area contributed by atoms with Crippen LogP contribution >= 0.6 is 0 Å². The van der Waals surface area contributed by atoms with Crippen molar-refractivity contribution in [3.05, 3.63) is 59.2 Å². The van der Waals surface area contributed by atoms with Crippen LogP contribution in [0.5, 0.6) is 11.5 Å². The Kier molecular flexibility index (Phi) is 6.42. The van der Waals surface area contributed by atoms with Gasteiger partial charge in [-0.25, -0.2) is 0 Å². The fourth-order valence-corrected chi connectivity index (χ4v) is 3.46. The number of phenols is 1. The van der Waals surface area contributed by atoms with Crippen molar-refractivity contribution in [3.63, 3.8) is 0 Å². The lowest BCUT2D eigenvalue weighted by molar-refractivity contribution is -0.358. The highest BCUT2D eigenvalue weighted by molar-refractivity contribution is 5.42. The summed E-state index contributed by atoms with van der Waals surface area (Å²) < 4.78 is 10.7. The van der Waals surface area contributed by atoms with Crippen molar-refractivity contribution in [1.29, 1.82) is 0 Å². The number of hydrogen-bond donors (Lipinski definition) is 6. The van der Waals surface area contributed by atoms with Crippen LogP contribution in [0.2, 0.25) is 0 Å². The van der Waals surface area contributed by atoms with Gasteiger partial charge >= 0.3 is 0 Å². The molecule has 1 heterocycles. The lowest BCUT2D eigenvalue weighted by Crippen LogP contribution is -2.63. The Morgan fingerprint density at radius 1 is 1.00 bits per heavy atom. The lowest BCUT2D eigenvalue weighted by atomic mass is 9.86. The Bertz CT molecular complexity index is 822. The summed E-state index contributed by atoms with van der Waals surface area (Å²) in [5, 5.41) is 60.8. The van der Waals surface area contributed by atoms with E-state index in [0.29, 0.717) is 18.6 Å². The monoisotopic (exact) mass is 406 g/mol. The molecule has 1 saturated heterocycles. The molecule has 6 N–H and O–H groups in total. The molecule has 0 amide bonds. The smallest absolute Gasteiger partial charge is 0.226 e. The van der Waals surface area contributed by atoms with Crippen molar-refractivity contribution < 1.29 is 40.1 Å². The molecule has 2 aromatic rings. The Labute approximate surface area is 168 Å². The first kappa shape index (κ1) is 21.5. The van der Waals surface area contributed by atoms with E-state index in [4.69, 9.17) is 9.47 Å². The van der Waals surface area contributed by atoms with Crippen LogP contribution in [0, 0.1) is 0 Å². The van der Waals surface area contributed by atoms with E-state index in [0.717, 1.165) is 11.3 Å². The van der Waals surface area contributed by atoms with Crippen LogP contribution in [0.1, 0.15) is 23.6 Å². The molecule has 1 aliphatic rings. The van der Waals surface area contributed by atoms with E-state index < -0.39 is 36.8 Å². The zero-order chi connectivity index (χ0) is 21.2. The molecule has 1 aliphatic heterocycles. The topological polar surface area (TPSA) is 140 Å². The van der Waals surface area contributed by atoms with Gasteiger partial charge in [0.2, 0.25) is 5.79 Å². The second-order valence-electron chi connectivity index (χ2n) is 7.07. The van der Waals surface area contributed by atoms with E-state index in [-0.39, 0.29) is 11.3 Å². The molecular formula is C21H26O8. The maximum Gasteiger partial charge on any atom is 0.226 e. The van der Waals surface area contributed by atoms with Crippen molar-refractivity contribution in [1.82, 2.24) is 0 Å². The third-order valence-corrected chi connectivity index (χ3v) is 5.06. The molecule has 2 aromatic carbocycles. The minimum absolute atomic E-state index is 0.169. The summed E-state index contributed by atoms with van der Waals surface area (Å²) in [5.41, 5.74) is 1.48. The standard InChI is InChI=1S/C21H26O8/c1-2-28-14-6-3-12(4-7-14)9-13-5-8-16(23)15(10-13)21(27)20(26)19(25)18(24)17(11-22)29-21/h3-8,10,17-20,22-27H,2,9,11H2,1H3/t17-,18-,19+,20-,21+/m1/s1. The second-order valence-corrected chi connectivity index (χ2v) is 7.07. The number of aromatic hydroxyl groups is 1. The number of rotatable bonds is 6. The molecule has 0 radical (unpaired) electrons. The molecule has 1 fully saturated rings. The highest BCUT2D eigenvalue weighted by atomic mass is 16.7. The molecule has 0 unspecified atom stereocenters. The number of hydrogen-bond acceptors (Lipinski definition) is 8. The SMILES string of the molecule is CCOc1ccc(Cc2ccc(O)c([C@]3(O)O[C@H](CO)[C@@H](O)[C@H](O)[C@H]3O)c2)cc1. The van der Waals surface area contributed by atoms with Crippen molar-refractivity contribution >= 4 is 0 Å². The molecule has 0 aromatic heterocycles. The molecule has 5 atom stereocenters. The summed E-state index contributed by atoms with van der Waals surface area (Å²) in [6, 6.07) is 11.9. The minimum Gasteiger partial charge on any atom is -0.507 e. The van der Waals surface area contributed by atoms with Gasteiger partial charge in [0.05, 0.1) is 18.8 Å². The first-order valence-corrected chi connectivity index (χ1v) is 9.39. The summed E-state index contributed by atoms with van der Waals surface area (Å²) in [6.45, 7) is 1.77. The fraction of sp³-hybridized carbons (Fsp3) is 0.429. The zero-order valence-electron chi connectivity index (χ0n) is 16.0. The molecule has 3 rings (SSSR count). The fourth-order valence-electron chi connectivity index (χ4n) is 3.46. The van der Waals surface area contributed by atoms with E-state index in [1.807, 2.05) is 31.2 Å². The van der Waals surface area contributed by atoms with Gasteiger partial charge in [0.1, 0.15) is 35.9 Å². The number of phenolic OH excluding ortho intramolecular Hbond substituents is 1. The van der Waals surface area contributed by atoms with Crippen molar-refractivity contribution in [3.8, 4) is 11.5 Å². The summed E-state index contributed by atoms with van der Waals surface area (Å²) in [6.07, 6.45) is -6.19. The van der Waals surface area contributed by atoms with Crippen LogP contribution in [-0.4, -0.2) is 68.3 Å². The molecule has 8 nitrogen and oxygen atoms in total. The predicted octanol–water partition coefficient (Wildman–Crippen LogP) is 0.000600. The Hall–Kier alpha value is -2.20. The number of aliphatic hydroxyl groups is 5. The third-order valence-electron chi connectivity index (χ3n) is 5.06. The van der Waals surface area contributed by atoms with Gasteiger partial charge in [0.15, 0.2) is 0 Å². The molecule has 8 heteroatoms. The second kappa shape index (κ2) is 8.66. The van der Waals surface area contributed by atoms with Crippen LogP contribution in [0.25, 0.3) is 0 Å². The van der Waals surface area contributed by atoms with Gasteiger partial charge in [0, 0.05) is 0 Å². The van der Waals surface area contributed by atoms with Gasteiger partial charge in [0.25, 0.3) is 0 Å². The van der Waals surface area contributed by atoms with Crippen LogP contribution in [0.15, 0.2) is 42.5 Å². The number of ether oxygens (including phenoxy) is 2. The highest BCUT2D eigenvalue weighted by Gasteiger charge is 2.54. The van der Waals surface area contributed by atoms with Crippen LogP contribution in [0.3, 0.4) is 0 Å². The largest absolute Gasteiger partial charge is 0.507 e. The molecule has 0 bridgehead atoms. The van der Waals surface area contributed by atoms with Gasteiger partial charge < -0.3 is 40.1 Å². The zero-order valence-corrected chi connectivity index (χ0v) is 16.0. The number of aliphatic hydroxyl groups excluding tert-OH is 4. The summed E-state index contributed by atoms with van der Waals surface area (Å²) in [7, 11) is 0. The van der Waals surface area contributed by atoms with Gasteiger partial charge in [-0.1, -0.05) is 18.2 Å². The van der Waals surface area contributed by atoms with E-state index in [2.05, 4.69) is 0 Å². The first-order chi connectivity index (χ1) is 13.8. The van der Waals surface area contributed by atoms with Crippen LogP contribution in [0.4, 0.5) is 0 Å². The first-order valence-electron chi connectivity index (χ1n) is 9.39. The molecule has 0 saturated carbocycles. The molecule has 29 heavy (non-hydrogen) atoms. The molecule has 0 spiro atoms. The predicted molar refractivity (Wildman–Crippen MR) is 102 cm³/mol. The van der Waals surface area contributed by atoms with Crippen molar-refractivity contribution in [2.24, 2.45) is 0 Å². The van der Waals surface area contributed by atoms with E-state index in [9.17, 15) is 30.6 Å². The minimum atomic E-state index is -2.51. The Balaban J connectivity index is 1.90. The van der Waals surface area contributed by atoms with Gasteiger partial charge in [-0.2, -0.15) is 0 Å². The van der Waals surface area contributed by atoms with Crippen molar-refractivity contribution in [2.75, 3.05) is 13.2 Å². The van der Waals surface area contributed by atoms with Crippen LogP contribution < -0.4 is 4.74 Å². The molecular weight excluding hydrogens is 380 g/mol. The number of benzene rings is 2. The van der Waals surface area contributed by atoms with Gasteiger partial charge in [-0.05, 0) is 48.7 Å². The third kappa shape index (κ3) is 4.23. The summed E-state index contributed by atoms with van der Waals surface area (Å²) in [4.78, 5) is 0. The van der Waals surface area contributed by atoms with Crippen molar-refractivity contribution in [2.45, 2.75) is 43.5 Å². The van der Waals surface area contributed by atoms with E-state index in [1.54, 1.807) is 6.07 Å². The maximum absolute atomic E-state index is 10.9. The average molecular weight is 406 g/mol. The lowest BCUT2D eigenvalue weighted by Gasteiger charge is -2.45. The van der Waals surface area contributed by atoms with Gasteiger partial charge in [-0.3, -0.25) is 0 Å². The van der Waals surface area contributed by atoms with Crippen LogP contribution in [-0.2, 0) is 16.9 Å². The maximum atomic E-state index is 10.9.